The van der Waals surface area contributed by atoms with Gasteiger partial charge in [0.25, 0.3) is 5.89 Å². The van der Waals surface area contributed by atoms with Gasteiger partial charge in [0, 0.05) is 11.1 Å². The van der Waals surface area contributed by atoms with Crippen LogP contribution in [0.5, 0.6) is 0 Å². The molecule has 3 N–H and O–H groups in total. The third-order valence-electron chi connectivity index (χ3n) is 6.43. The lowest BCUT2D eigenvalue weighted by Gasteiger charge is -2.24. The van der Waals surface area contributed by atoms with Crippen molar-refractivity contribution in [2.24, 2.45) is 5.73 Å². The molecule has 0 bridgehead atoms. The highest BCUT2D eigenvalue weighted by atomic mass is 32.2. The molecule has 2 aromatic heterocycles. The van der Waals surface area contributed by atoms with E-state index in [4.69, 9.17) is 10.2 Å². The molecule has 1 unspecified atom stereocenters. The summed E-state index contributed by atoms with van der Waals surface area (Å²) in [6.07, 6.45) is -10.00. The van der Waals surface area contributed by atoms with Gasteiger partial charge in [-0.3, -0.25) is 4.79 Å². The zero-order chi connectivity index (χ0) is 31.5. The van der Waals surface area contributed by atoms with Crippen LogP contribution < -0.4 is 10.6 Å². The van der Waals surface area contributed by atoms with Gasteiger partial charge in [-0.2, -0.15) is 31.3 Å². The smallest absolute Gasteiger partial charge is 0.417 e. The molecule has 4 aromatic rings. The number of rotatable bonds is 5. The number of aliphatic hydroxyl groups is 1. The average molecular weight is 632 g/mol. The molecule has 0 saturated heterocycles. The maximum absolute atomic E-state index is 13.3. The second-order valence-electron chi connectivity index (χ2n) is 9.59. The number of benzene rings is 2. The Hall–Kier alpha value is -4.36. The molecule has 0 radical (unpaired) electrons. The first-order chi connectivity index (χ1) is 19.9. The summed E-state index contributed by atoms with van der Waals surface area (Å²) >= 11 is 0. The van der Waals surface area contributed by atoms with E-state index in [1.54, 1.807) is 0 Å². The first-order valence-corrected chi connectivity index (χ1v) is 13.6. The maximum Gasteiger partial charge on any atom is 0.471 e. The lowest BCUT2D eigenvalue weighted by Crippen LogP contribution is -2.45. The van der Waals surface area contributed by atoms with Gasteiger partial charge >= 0.3 is 18.2 Å². The van der Waals surface area contributed by atoms with E-state index in [1.807, 2.05) is 0 Å². The first-order valence-electron chi connectivity index (χ1n) is 12.0. The maximum atomic E-state index is 13.3. The predicted molar refractivity (Wildman–Crippen MR) is 131 cm³/mol. The first kappa shape index (κ1) is 30.1. The van der Waals surface area contributed by atoms with Gasteiger partial charge in [-0.25, -0.2) is 8.42 Å². The van der Waals surface area contributed by atoms with Gasteiger partial charge in [-0.15, -0.1) is 10.2 Å². The van der Waals surface area contributed by atoms with Crippen LogP contribution in [0, 0.1) is 0 Å². The zero-order valence-electron chi connectivity index (χ0n) is 21.5. The van der Waals surface area contributed by atoms with E-state index in [1.165, 1.54) is 30.3 Å². The number of sulfone groups is 1. The number of nitrogens with two attached hydrogens (primary N) is 1. The Bertz CT molecular complexity index is 1800. The number of alkyl halides is 6. The Morgan fingerprint density at radius 3 is 2.28 bits per heavy atom. The molecule has 2 atom stereocenters. The fourth-order valence-corrected chi connectivity index (χ4v) is 5.62. The number of halogens is 6. The van der Waals surface area contributed by atoms with Crippen molar-refractivity contribution in [2.45, 2.75) is 42.4 Å². The molecule has 0 fully saturated rings. The summed E-state index contributed by atoms with van der Waals surface area (Å²) in [6, 6.07) is 7.46. The SMILES string of the molecule is CC(O)(c1nnc(-c2ccc3c(c2)N(Cc2ccc(-c4noc(C(F)(F)F)n4)cc2)C(=O)[C@@H](N)CS3(=O)=O)o1)C(F)(F)F. The summed E-state index contributed by atoms with van der Waals surface area (Å²) in [5.74, 6) is -5.13. The topological polar surface area (TPSA) is 179 Å². The molecule has 12 nitrogen and oxygen atoms in total. The quantitative estimate of drug-likeness (QED) is 0.309. The van der Waals surface area contributed by atoms with Crippen LogP contribution in [0.25, 0.3) is 22.8 Å². The zero-order valence-corrected chi connectivity index (χ0v) is 22.3. The molecule has 1 aliphatic heterocycles. The number of amides is 1. The fraction of sp³-hybridized carbons (Fsp3) is 0.292. The molecular weight excluding hydrogens is 614 g/mol. The van der Waals surface area contributed by atoms with Crippen LogP contribution in [0.1, 0.15) is 24.3 Å². The number of nitrogens with zero attached hydrogens (tertiary/aromatic N) is 5. The van der Waals surface area contributed by atoms with E-state index in [0.717, 1.165) is 17.0 Å². The molecule has 0 saturated carbocycles. The number of carbonyl (C=O) groups excluding carboxylic acids is 1. The van der Waals surface area contributed by atoms with Crippen LogP contribution in [-0.2, 0) is 33.0 Å². The number of anilines is 1. The van der Waals surface area contributed by atoms with Gasteiger partial charge in [-0.1, -0.05) is 29.4 Å². The lowest BCUT2D eigenvalue weighted by molar-refractivity contribution is -0.266. The Labute approximate surface area is 237 Å². The average Bonchev–Trinajstić information content (AvgIpc) is 3.60. The van der Waals surface area contributed by atoms with E-state index < -0.39 is 63.2 Å². The summed E-state index contributed by atoms with van der Waals surface area (Å²) in [5, 5.41) is 19.9. The second-order valence-corrected chi connectivity index (χ2v) is 11.6. The van der Waals surface area contributed by atoms with E-state index >= 15 is 0 Å². The highest BCUT2D eigenvalue weighted by Crippen LogP contribution is 2.40. The standard InChI is InChI=1S/C24H18F6N6O6S/c1-22(38,24(28,29)30)20-34-33-18(41-20)13-6-7-16-15(8-13)36(19(37)14(31)10-43(16,39)40)9-11-2-4-12(5-3-11)17-32-21(42-35-17)23(25,26)27/h2-8,14,38H,9-10,31H2,1H3/t14-,22?/m0/s1. The Kier molecular flexibility index (Phi) is 7.09. The summed E-state index contributed by atoms with van der Waals surface area (Å²) in [7, 11) is -4.14. The highest BCUT2D eigenvalue weighted by Gasteiger charge is 2.55. The fourth-order valence-electron chi connectivity index (χ4n) is 4.06. The van der Waals surface area contributed by atoms with Gasteiger partial charge in [0.15, 0.2) is 9.84 Å². The third kappa shape index (κ3) is 5.57. The van der Waals surface area contributed by atoms with Crippen LogP contribution in [0.4, 0.5) is 32.0 Å². The van der Waals surface area contributed by atoms with Crippen molar-refractivity contribution >= 4 is 21.4 Å². The van der Waals surface area contributed by atoms with E-state index in [9.17, 15) is 44.7 Å². The Balaban J connectivity index is 1.51. The highest BCUT2D eigenvalue weighted by molar-refractivity contribution is 7.91. The predicted octanol–water partition coefficient (Wildman–Crippen LogP) is 3.22. The number of hydrogen-bond donors (Lipinski definition) is 2. The summed E-state index contributed by atoms with van der Waals surface area (Å²) in [4.78, 5) is 17.3. The van der Waals surface area contributed by atoms with Gasteiger partial charge in [0.2, 0.25) is 23.2 Å². The number of hydrogen-bond acceptors (Lipinski definition) is 11. The van der Waals surface area contributed by atoms with Gasteiger partial charge in [0.1, 0.15) is 0 Å². The van der Waals surface area contributed by atoms with Crippen LogP contribution in [0.15, 0.2) is 56.3 Å². The molecule has 2 aromatic carbocycles. The number of carbonyl (C=O) groups is 1. The van der Waals surface area contributed by atoms with Gasteiger partial charge < -0.3 is 24.7 Å². The molecule has 43 heavy (non-hydrogen) atoms. The third-order valence-corrected chi connectivity index (χ3v) is 8.24. The minimum Gasteiger partial charge on any atom is -0.417 e. The van der Waals surface area contributed by atoms with Crippen molar-refractivity contribution < 1.29 is 53.6 Å². The minimum absolute atomic E-state index is 0.0770. The van der Waals surface area contributed by atoms with Crippen molar-refractivity contribution in [1.29, 1.82) is 0 Å². The number of fused-ring (bicyclic) bond motifs is 1. The van der Waals surface area contributed by atoms with Gasteiger partial charge in [0.05, 0.1) is 28.9 Å². The van der Waals surface area contributed by atoms with E-state index in [2.05, 4.69) is 24.9 Å². The molecule has 1 aliphatic rings. The van der Waals surface area contributed by atoms with E-state index in [-0.39, 0.29) is 34.1 Å². The second kappa shape index (κ2) is 10.1. The van der Waals surface area contributed by atoms with Crippen LogP contribution in [0.3, 0.4) is 0 Å². The monoisotopic (exact) mass is 632 g/mol. The van der Waals surface area contributed by atoms with Crippen molar-refractivity contribution in [1.82, 2.24) is 20.3 Å². The molecule has 0 spiro atoms. The Morgan fingerprint density at radius 1 is 1.02 bits per heavy atom. The molecule has 3 heterocycles. The van der Waals surface area contributed by atoms with Crippen LogP contribution in [0.2, 0.25) is 0 Å². The van der Waals surface area contributed by atoms with Gasteiger partial charge in [-0.05, 0) is 30.7 Å². The number of aromatic nitrogens is 4. The summed E-state index contributed by atoms with van der Waals surface area (Å²) in [5.41, 5.74) is 2.66. The lowest BCUT2D eigenvalue weighted by atomic mass is 10.1. The summed E-state index contributed by atoms with van der Waals surface area (Å²) < 4.78 is 113. The Morgan fingerprint density at radius 2 is 1.67 bits per heavy atom. The van der Waals surface area contributed by atoms with Crippen LogP contribution >= 0.6 is 0 Å². The normalized spacial score (nSPS) is 18.7. The minimum atomic E-state index is -5.15. The molecule has 19 heteroatoms. The van der Waals surface area contributed by atoms with E-state index in [0.29, 0.717) is 12.5 Å². The largest absolute Gasteiger partial charge is 0.471 e. The van der Waals surface area contributed by atoms with Crippen molar-refractivity contribution in [3.63, 3.8) is 0 Å². The molecular formula is C24H18F6N6O6S. The van der Waals surface area contributed by atoms with Crippen molar-refractivity contribution in [3.05, 3.63) is 59.8 Å². The molecule has 0 aliphatic carbocycles. The summed E-state index contributed by atoms with van der Waals surface area (Å²) in [6.45, 7) is 0.131. The van der Waals surface area contributed by atoms with Crippen molar-refractivity contribution in [2.75, 3.05) is 10.7 Å². The molecule has 228 valence electrons. The molecule has 5 rings (SSSR count). The van der Waals surface area contributed by atoms with Crippen molar-refractivity contribution in [3.8, 4) is 22.8 Å². The molecule has 1 amide bonds. The van der Waals surface area contributed by atoms with Crippen LogP contribution in [-0.4, -0.2) is 57.7 Å².